The van der Waals surface area contributed by atoms with Gasteiger partial charge in [0, 0.05) is 25.2 Å². The Bertz CT molecular complexity index is 774. The Morgan fingerprint density at radius 3 is 2.85 bits per heavy atom. The van der Waals surface area contributed by atoms with Gasteiger partial charge in [0.15, 0.2) is 5.92 Å². The molecule has 0 aromatic heterocycles. The summed E-state index contributed by atoms with van der Waals surface area (Å²) >= 11 is 0. The summed E-state index contributed by atoms with van der Waals surface area (Å²) in [4.78, 5) is 42.0. The van der Waals surface area contributed by atoms with Gasteiger partial charge in [-0.3, -0.25) is 25.0 Å². The number of benzene rings is 1. The van der Waals surface area contributed by atoms with Crippen LogP contribution < -0.4 is 5.32 Å². The number of aliphatic imine (C=N–C) groups is 1. The first-order chi connectivity index (χ1) is 13.0. The average Bonchev–Trinajstić information content (AvgIpc) is 2.68. The van der Waals surface area contributed by atoms with Gasteiger partial charge in [-0.1, -0.05) is 12.1 Å². The number of hydrogen-bond donors (Lipinski definition) is 1. The van der Waals surface area contributed by atoms with Crippen LogP contribution in [0.25, 0.3) is 0 Å². The molecule has 1 aromatic rings. The molecule has 1 saturated heterocycles. The van der Waals surface area contributed by atoms with Crippen LogP contribution in [0.4, 0.5) is 5.69 Å². The van der Waals surface area contributed by atoms with E-state index in [1.165, 1.54) is 18.2 Å². The van der Waals surface area contributed by atoms with Gasteiger partial charge in [0.25, 0.3) is 5.69 Å². The summed E-state index contributed by atoms with van der Waals surface area (Å²) < 4.78 is 10.3. The smallest absolute Gasteiger partial charge is 0.321 e. The molecule has 10 heteroatoms. The largest absolute Gasteiger partial charge is 0.465 e. The van der Waals surface area contributed by atoms with Gasteiger partial charge in [-0.15, -0.1) is 0 Å². The molecule has 0 saturated carbocycles. The van der Waals surface area contributed by atoms with E-state index in [0.29, 0.717) is 37.8 Å². The van der Waals surface area contributed by atoms with Crippen molar-refractivity contribution in [3.63, 3.8) is 0 Å². The van der Waals surface area contributed by atoms with Crippen molar-refractivity contribution in [3.8, 4) is 0 Å². The lowest BCUT2D eigenvalue weighted by molar-refractivity contribution is -0.384. The number of hydrogen-bond acceptors (Lipinski definition) is 8. The molecule has 1 amide bonds. The van der Waals surface area contributed by atoms with Crippen LogP contribution in [0.15, 0.2) is 29.3 Å². The Labute approximate surface area is 155 Å². The second-order valence-electron chi connectivity index (χ2n) is 6.07. The van der Waals surface area contributed by atoms with Crippen LogP contribution in [0.3, 0.4) is 0 Å². The number of rotatable bonds is 4. The Morgan fingerprint density at radius 1 is 1.44 bits per heavy atom. The first-order valence-electron chi connectivity index (χ1n) is 8.63. The Hall–Kier alpha value is -3.01. The normalized spacial score (nSPS) is 22.6. The van der Waals surface area contributed by atoms with E-state index < -0.39 is 28.8 Å². The van der Waals surface area contributed by atoms with Crippen LogP contribution >= 0.6 is 0 Å². The number of nitro benzene ring substituents is 1. The summed E-state index contributed by atoms with van der Waals surface area (Å²) in [5.41, 5.74) is 0.270. The number of non-ortho nitro benzene ring substituents is 1. The van der Waals surface area contributed by atoms with Crippen LogP contribution in [-0.2, 0) is 19.1 Å². The highest BCUT2D eigenvalue weighted by Crippen LogP contribution is 2.32. The van der Waals surface area contributed by atoms with Gasteiger partial charge < -0.3 is 14.4 Å². The lowest BCUT2D eigenvalue weighted by Crippen LogP contribution is -2.55. The summed E-state index contributed by atoms with van der Waals surface area (Å²) in [7, 11) is 0. The maximum absolute atomic E-state index is 12.7. The van der Waals surface area contributed by atoms with E-state index in [-0.39, 0.29) is 12.3 Å². The predicted molar refractivity (Wildman–Crippen MR) is 93.9 cm³/mol. The van der Waals surface area contributed by atoms with Crippen molar-refractivity contribution < 1.29 is 24.0 Å². The lowest BCUT2D eigenvalue weighted by Gasteiger charge is -2.35. The first kappa shape index (κ1) is 18.8. The molecule has 0 spiro atoms. The molecule has 1 fully saturated rings. The number of nitrogens with zero attached hydrogens (tertiary/aromatic N) is 3. The number of ether oxygens (including phenoxy) is 2. The third kappa shape index (κ3) is 4.05. The zero-order valence-electron chi connectivity index (χ0n) is 14.8. The topological polar surface area (TPSA) is 123 Å². The predicted octanol–water partition coefficient (Wildman–Crippen LogP) is 0.633. The Morgan fingerprint density at radius 2 is 2.19 bits per heavy atom. The van der Waals surface area contributed by atoms with Crippen LogP contribution in [-0.4, -0.2) is 60.6 Å². The summed E-state index contributed by atoms with van der Waals surface area (Å²) in [5, 5.41) is 13.8. The Kier molecular flexibility index (Phi) is 5.65. The van der Waals surface area contributed by atoms with Crippen molar-refractivity contribution in [2.45, 2.75) is 13.0 Å². The van der Waals surface area contributed by atoms with Gasteiger partial charge in [0.1, 0.15) is 6.04 Å². The standard InChI is InChI=1S/C17H20N4O6/c1-2-27-16(23)13-14(11-4-3-5-12(10-11)21(24)25)18-17(19-15(13)22)20-6-8-26-9-7-20/h3-5,10,13-14H,2,6-9H2,1H3,(H,18,19,22)/t13-,14-/m1/s1. The third-order valence-corrected chi connectivity index (χ3v) is 4.37. The molecule has 2 heterocycles. The van der Waals surface area contributed by atoms with Gasteiger partial charge in [-0.05, 0) is 12.5 Å². The minimum Gasteiger partial charge on any atom is -0.465 e. The summed E-state index contributed by atoms with van der Waals surface area (Å²) in [5.74, 6) is -2.13. The number of carbonyl (C=O) groups excluding carboxylic acids is 2. The number of guanidine groups is 1. The zero-order valence-corrected chi connectivity index (χ0v) is 14.8. The van der Waals surface area contributed by atoms with Crippen molar-refractivity contribution >= 4 is 23.5 Å². The SMILES string of the molecule is CCOC(=O)[C@H]1C(=O)NC(N2CCOCC2)=N[C@@H]1c1cccc([N+](=O)[O-])c1. The molecule has 144 valence electrons. The quantitative estimate of drug-likeness (QED) is 0.354. The fourth-order valence-electron chi connectivity index (χ4n) is 3.06. The number of morpholine rings is 1. The fraction of sp³-hybridized carbons (Fsp3) is 0.471. The second kappa shape index (κ2) is 8.12. The highest BCUT2D eigenvalue weighted by Gasteiger charge is 2.42. The summed E-state index contributed by atoms with van der Waals surface area (Å²) in [6, 6.07) is 4.89. The van der Waals surface area contributed by atoms with Crippen molar-refractivity contribution in [2.24, 2.45) is 10.9 Å². The summed E-state index contributed by atoms with van der Waals surface area (Å²) in [6.07, 6.45) is 0. The van der Waals surface area contributed by atoms with Crippen molar-refractivity contribution in [1.82, 2.24) is 10.2 Å². The van der Waals surface area contributed by atoms with Crippen molar-refractivity contribution in [2.75, 3.05) is 32.9 Å². The Balaban J connectivity index is 2.01. The molecule has 0 radical (unpaired) electrons. The van der Waals surface area contributed by atoms with Gasteiger partial charge in [-0.25, -0.2) is 4.99 Å². The molecule has 1 aromatic carbocycles. The zero-order chi connectivity index (χ0) is 19.4. The van der Waals surface area contributed by atoms with E-state index in [2.05, 4.69) is 10.3 Å². The van der Waals surface area contributed by atoms with Gasteiger partial charge in [0.05, 0.1) is 24.7 Å². The molecule has 2 atom stereocenters. The van der Waals surface area contributed by atoms with Crippen LogP contribution in [0.1, 0.15) is 18.5 Å². The second-order valence-corrected chi connectivity index (χ2v) is 6.07. The van der Waals surface area contributed by atoms with Gasteiger partial charge >= 0.3 is 5.97 Å². The van der Waals surface area contributed by atoms with E-state index in [4.69, 9.17) is 9.47 Å². The van der Waals surface area contributed by atoms with E-state index >= 15 is 0 Å². The van der Waals surface area contributed by atoms with Gasteiger partial charge in [-0.2, -0.15) is 0 Å². The molecule has 27 heavy (non-hydrogen) atoms. The number of carbonyl (C=O) groups is 2. The van der Waals surface area contributed by atoms with Crippen LogP contribution in [0, 0.1) is 16.0 Å². The van der Waals surface area contributed by atoms with Crippen LogP contribution in [0.2, 0.25) is 0 Å². The summed E-state index contributed by atoms with van der Waals surface area (Å²) in [6.45, 7) is 3.85. The molecular weight excluding hydrogens is 356 g/mol. The molecule has 0 aliphatic carbocycles. The monoisotopic (exact) mass is 376 g/mol. The first-order valence-corrected chi connectivity index (χ1v) is 8.63. The van der Waals surface area contributed by atoms with Crippen molar-refractivity contribution in [1.29, 1.82) is 0 Å². The molecule has 3 rings (SSSR count). The molecular formula is C17H20N4O6. The van der Waals surface area contributed by atoms with E-state index in [0.717, 1.165) is 0 Å². The minimum absolute atomic E-state index is 0.115. The average molecular weight is 376 g/mol. The van der Waals surface area contributed by atoms with Gasteiger partial charge in [0.2, 0.25) is 11.9 Å². The van der Waals surface area contributed by atoms with E-state index in [9.17, 15) is 19.7 Å². The number of esters is 1. The number of nitrogens with one attached hydrogen (secondary N) is 1. The maximum Gasteiger partial charge on any atom is 0.321 e. The van der Waals surface area contributed by atoms with E-state index in [1.807, 2.05) is 4.90 Å². The molecule has 2 aliphatic rings. The molecule has 0 unspecified atom stereocenters. The fourth-order valence-corrected chi connectivity index (χ4v) is 3.06. The highest BCUT2D eigenvalue weighted by atomic mass is 16.6. The molecule has 1 N–H and O–H groups in total. The number of nitro groups is 1. The van der Waals surface area contributed by atoms with Crippen molar-refractivity contribution in [3.05, 3.63) is 39.9 Å². The number of amides is 1. The lowest BCUT2D eigenvalue weighted by atomic mass is 9.91. The molecule has 2 aliphatic heterocycles. The minimum atomic E-state index is -1.21. The maximum atomic E-state index is 12.7. The van der Waals surface area contributed by atoms with E-state index in [1.54, 1.807) is 13.0 Å². The highest BCUT2D eigenvalue weighted by molar-refractivity contribution is 6.08. The molecule has 0 bridgehead atoms. The van der Waals surface area contributed by atoms with Crippen LogP contribution in [0.5, 0.6) is 0 Å². The third-order valence-electron chi connectivity index (χ3n) is 4.37. The molecule has 10 nitrogen and oxygen atoms in total.